The smallest absolute Gasteiger partial charge is 0.206 e. The normalized spacial score (nSPS) is 17.0. The van der Waals surface area contributed by atoms with E-state index in [9.17, 15) is 8.42 Å². The third kappa shape index (κ3) is 2.17. The van der Waals surface area contributed by atoms with Crippen molar-refractivity contribution < 1.29 is 8.42 Å². The Hall–Kier alpha value is -0.580. The zero-order valence-electron chi connectivity index (χ0n) is 8.35. The molecule has 0 unspecified atom stereocenters. The van der Waals surface area contributed by atoms with Crippen molar-refractivity contribution in [1.82, 2.24) is 3.82 Å². The van der Waals surface area contributed by atoms with Gasteiger partial charge in [-0.25, -0.2) is 8.42 Å². The third-order valence-corrected chi connectivity index (χ3v) is 4.83. The fourth-order valence-corrected chi connectivity index (χ4v) is 3.00. The Bertz CT molecular complexity index is 451. The van der Waals surface area contributed by atoms with Gasteiger partial charge in [-0.05, 0) is 43.7 Å². The van der Waals surface area contributed by atoms with Gasteiger partial charge in [0.05, 0.1) is 4.90 Å². The van der Waals surface area contributed by atoms with Crippen LogP contribution in [0.4, 0.5) is 0 Å². The van der Waals surface area contributed by atoms with Gasteiger partial charge in [-0.2, -0.15) is 0 Å². The van der Waals surface area contributed by atoms with Crippen molar-refractivity contribution >= 4 is 21.8 Å². The first-order valence-corrected chi connectivity index (χ1v) is 6.56. The first kappa shape index (κ1) is 10.9. The van der Waals surface area contributed by atoms with E-state index in [1.807, 2.05) is 6.92 Å². The van der Waals surface area contributed by atoms with Gasteiger partial charge in [-0.15, -0.1) is 3.82 Å². The number of benzene rings is 1. The SMILES string of the molecule is Cc1ccc(S(=O)(=O)N(Cl)C2CC2)cc1. The minimum absolute atomic E-state index is 0.0158. The molecular weight excluding hydrogens is 234 g/mol. The van der Waals surface area contributed by atoms with Gasteiger partial charge in [0.2, 0.25) is 0 Å². The highest BCUT2D eigenvalue weighted by Crippen LogP contribution is 2.33. The molecule has 1 saturated carbocycles. The maximum Gasteiger partial charge on any atom is 0.256 e. The Balaban J connectivity index is 2.32. The number of sulfonamides is 1. The predicted molar refractivity (Wildman–Crippen MR) is 59.1 cm³/mol. The van der Waals surface area contributed by atoms with Gasteiger partial charge in [0, 0.05) is 6.04 Å². The van der Waals surface area contributed by atoms with Gasteiger partial charge >= 0.3 is 0 Å². The summed E-state index contributed by atoms with van der Waals surface area (Å²) >= 11 is 5.79. The highest BCUT2D eigenvalue weighted by molar-refractivity contribution is 7.90. The van der Waals surface area contributed by atoms with Crippen LogP contribution in [-0.2, 0) is 10.0 Å². The van der Waals surface area contributed by atoms with Crippen LogP contribution < -0.4 is 0 Å². The van der Waals surface area contributed by atoms with Crippen LogP contribution in [0.25, 0.3) is 0 Å². The lowest BCUT2D eigenvalue weighted by Crippen LogP contribution is -2.23. The number of hydrogen-bond donors (Lipinski definition) is 0. The maximum absolute atomic E-state index is 11.9. The summed E-state index contributed by atoms with van der Waals surface area (Å²) in [6.07, 6.45) is 1.71. The molecule has 1 aliphatic carbocycles. The Kier molecular flexibility index (Phi) is 2.75. The van der Waals surface area contributed by atoms with E-state index in [1.165, 1.54) is 0 Å². The van der Waals surface area contributed by atoms with Gasteiger partial charge < -0.3 is 0 Å². The lowest BCUT2D eigenvalue weighted by molar-refractivity contribution is 0.533. The van der Waals surface area contributed by atoms with Gasteiger partial charge in [-0.3, -0.25) is 0 Å². The van der Waals surface area contributed by atoms with Crippen LogP contribution in [0.5, 0.6) is 0 Å². The maximum atomic E-state index is 11.9. The molecule has 0 radical (unpaired) electrons. The Labute approximate surface area is 94.8 Å². The lowest BCUT2D eigenvalue weighted by atomic mass is 10.2. The standard InChI is InChI=1S/C10H12ClNO2S/c1-8-2-6-10(7-3-8)15(13,14)12(11)9-4-5-9/h2-3,6-7,9H,4-5H2,1H3. The summed E-state index contributed by atoms with van der Waals surface area (Å²) in [6, 6.07) is 6.69. The second-order valence-corrected chi connectivity index (χ2v) is 6.17. The number of halogens is 1. The van der Waals surface area contributed by atoms with Crippen LogP contribution in [0.1, 0.15) is 18.4 Å². The Morgan fingerprint density at radius 1 is 1.27 bits per heavy atom. The average molecular weight is 246 g/mol. The van der Waals surface area contributed by atoms with E-state index < -0.39 is 10.0 Å². The van der Waals surface area contributed by atoms with Crippen LogP contribution in [0, 0.1) is 6.92 Å². The van der Waals surface area contributed by atoms with E-state index in [4.69, 9.17) is 11.8 Å². The molecule has 0 aliphatic heterocycles. The Morgan fingerprint density at radius 2 is 1.80 bits per heavy atom. The predicted octanol–water partition coefficient (Wildman–Crippen LogP) is 2.30. The fourth-order valence-electron chi connectivity index (χ4n) is 1.28. The summed E-state index contributed by atoms with van der Waals surface area (Å²) in [5.74, 6) is 0. The van der Waals surface area contributed by atoms with E-state index in [0.29, 0.717) is 0 Å². The lowest BCUT2D eigenvalue weighted by Gasteiger charge is -2.13. The number of nitrogens with zero attached hydrogens (tertiary/aromatic N) is 1. The van der Waals surface area contributed by atoms with Crippen LogP contribution in [-0.4, -0.2) is 18.3 Å². The van der Waals surface area contributed by atoms with Crippen molar-refractivity contribution in [2.75, 3.05) is 0 Å². The third-order valence-electron chi connectivity index (χ3n) is 2.38. The molecule has 0 N–H and O–H groups in total. The summed E-state index contributed by atoms with van der Waals surface area (Å²) in [5, 5.41) is 0. The van der Waals surface area contributed by atoms with E-state index in [2.05, 4.69) is 0 Å². The van der Waals surface area contributed by atoms with Gasteiger partial charge in [-0.1, -0.05) is 17.7 Å². The molecule has 0 bridgehead atoms. The largest absolute Gasteiger partial charge is 0.256 e. The molecule has 1 aromatic rings. The molecule has 5 heteroatoms. The van der Waals surface area contributed by atoms with Crippen LogP contribution in [0.15, 0.2) is 29.2 Å². The molecule has 0 amide bonds. The van der Waals surface area contributed by atoms with E-state index in [0.717, 1.165) is 22.2 Å². The van der Waals surface area contributed by atoms with Crippen molar-refractivity contribution in [1.29, 1.82) is 0 Å². The molecule has 0 atom stereocenters. The molecule has 15 heavy (non-hydrogen) atoms. The molecule has 2 rings (SSSR count). The van der Waals surface area contributed by atoms with Gasteiger partial charge in [0.15, 0.2) is 0 Å². The molecular formula is C10H12ClNO2S. The second-order valence-electron chi connectivity index (χ2n) is 3.79. The molecule has 0 saturated heterocycles. The monoisotopic (exact) mass is 245 g/mol. The summed E-state index contributed by atoms with van der Waals surface area (Å²) < 4.78 is 24.8. The Morgan fingerprint density at radius 3 is 2.27 bits per heavy atom. The first-order chi connectivity index (χ1) is 7.01. The highest BCUT2D eigenvalue weighted by Gasteiger charge is 2.37. The van der Waals surface area contributed by atoms with Crippen molar-refractivity contribution in [2.45, 2.75) is 30.7 Å². The molecule has 0 heterocycles. The van der Waals surface area contributed by atoms with Gasteiger partial charge in [0.25, 0.3) is 10.0 Å². The minimum Gasteiger partial charge on any atom is -0.206 e. The molecule has 0 spiro atoms. The first-order valence-electron chi connectivity index (χ1n) is 4.79. The molecule has 1 aliphatic rings. The summed E-state index contributed by atoms with van der Waals surface area (Å²) in [5.41, 5.74) is 1.03. The topological polar surface area (TPSA) is 37.4 Å². The molecule has 82 valence electrons. The molecule has 0 aromatic heterocycles. The van der Waals surface area contributed by atoms with E-state index >= 15 is 0 Å². The van der Waals surface area contributed by atoms with E-state index in [-0.39, 0.29) is 10.9 Å². The second kappa shape index (κ2) is 3.77. The minimum atomic E-state index is -3.49. The number of aryl methyl sites for hydroxylation is 1. The molecule has 3 nitrogen and oxygen atoms in total. The molecule has 1 fully saturated rings. The fraction of sp³-hybridized carbons (Fsp3) is 0.400. The number of hydrogen-bond acceptors (Lipinski definition) is 2. The van der Waals surface area contributed by atoms with Crippen molar-refractivity contribution in [3.63, 3.8) is 0 Å². The van der Waals surface area contributed by atoms with Gasteiger partial charge in [0.1, 0.15) is 0 Å². The summed E-state index contributed by atoms with van der Waals surface area (Å²) in [7, 11) is -3.49. The average Bonchev–Trinajstić information content (AvgIpc) is 3.00. The number of rotatable bonds is 3. The summed E-state index contributed by atoms with van der Waals surface area (Å²) in [4.78, 5) is 0.259. The van der Waals surface area contributed by atoms with Crippen molar-refractivity contribution in [3.8, 4) is 0 Å². The van der Waals surface area contributed by atoms with Crippen molar-refractivity contribution in [3.05, 3.63) is 29.8 Å². The molecule has 1 aromatic carbocycles. The van der Waals surface area contributed by atoms with Crippen molar-refractivity contribution in [2.24, 2.45) is 0 Å². The quantitative estimate of drug-likeness (QED) is 0.767. The zero-order valence-corrected chi connectivity index (χ0v) is 9.92. The van der Waals surface area contributed by atoms with Crippen LogP contribution >= 0.6 is 11.8 Å². The van der Waals surface area contributed by atoms with E-state index in [1.54, 1.807) is 24.3 Å². The van der Waals surface area contributed by atoms with Crippen LogP contribution in [0.2, 0.25) is 0 Å². The summed E-state index contributed by atoms with van der Waals surface area (Å²) in [6.45, 7) is 1.91. The highest BCUT2D eigenvalue weighted by atomic mass is 35.5. The van der Waals surface area contributed by atoms with Crippen LogP contribution in [0.3, 0.4) is 0 Å². The zero-order chi connectivity index (χ0) is 11.1.